The first kappa shape index (κ1) is 15.3. The lowest BCUT2D eigenvalue weighted by Crippen LogP contribution is -2.31. The molecule has 1 heterocycles. The SMILES string of the molecule is Cc1oc(C(=O)C(=O)NCC#Cc2ccccc2)cc1C=O. The first-order valence-electron chi connectivity index (χ1n) is 6.54. The van der Waals surface area contributed by atoms with E-state index in [1.165, 1.54) is 6.07 Å². The van der Waals surface area contributed by atoms with Crippen molar-refractivity contribution in [2.45, 2.75) is 6.92 Å². The molecule has 1 aromatic carbocycles. The van der Waals surface area contributed by atoms with E-state index in [4.69, 9.17) is 4.42 Å². The highest BCUT2D eigenvalue weighted by Gasteiger charge is 2.20. The molecule has 0 saturated heterocycles. The predicted molar refractivity (Wildman–Crippen MR) is 79.5 cm³/mol. The standard InChI is InChI=1S/C17H13NO4/c1-12-14(11-19)10-15(22-12)16(20)17(21)18-9-5-8-13-6-3-2-4-7-13/h2-4,6-7,10-11H,9H2,1H3,(H,18,21). The Balaban J connectivity index is 1.93. The Labute approximate surface area is 127 Å². The number of amides is 1. The fourth-order valence-electron chi connectivity index (χ4n) is 1.71. The van der Waals surface area contributed by atoms with Crippen molar-refractivity contribution in [2.75, 3.05) is 6.54 Å². The van der Waals surface area contributed by atoms with Gasteiger partial charge in [-0.05, 0) is 25.1 Å². The first-order valence-corrected chi connectivity index (χ1v) is 6.54. The molecule has 0 unspecified atom stereocenters. The van der Waals surface area contributed by atoms with E-state index in [9.17, 15) is 14.4 Å². The molecule has 1 N–H and O–H groups in total. The van der Waals surface area contributed by atoms with E-state index in [0.717, 1.165) is 5.56 Å². The summed E-state index contributed by atoms with van der Waals surface area (Å²) in [5.74, 6) is 4.08. The van der Waals surface area contributed by atoms with E-state index < -0.39 is 11.7 Å². The molecule has 1 aromatic heterocycles. The van der Waals surface area contributed by atoms with Crippen LogP contribution in [0.1, 0.15) is 32.2 Å². The number of hydrogen-bond acceptors (Lipinski definition) is 4. The van der Waals surface area contributed by atoms with Gasteiger partial charge in [0.25, 0.3) is 11.7 Å². The van der Waals surface area contributed by atoms with Gasteiger partial charge in [0.05, 0.1) is 12.1 Å². The lowest BCUT2D eigenvalue weighted by molar-refractivity contribution is -0.116. The minimum absolute atomic E-state index is 0.0414. The third-order valence-corrected chi connectivity index (χ3v) is 2.86. The van der Waals surface area contributed by atoms with Crippen molar-refractivity contribution in [3.63, 3.8) is 0 Å². The predicted octanol–water partition coefficient (Wildman–Crippen LogP) is 1.75. The first-order chi connectivity index (χ1) is 10.6. The molecule has 5 heteroatoms. The fourth-order valence-corrected chi connectivity index (χ4v) is 1.71. The number of ketones is 1. The molecule has 110 valence electrons. The molecule has 0 aliphatic heterocycles. The Bertz CT molecular complexity index is 763. The third-order valence-electron chi connectivity index (χ3n) is 2.86. The van der Waals surface area contributed by atoms with Crippen LogP contribution in [0.15, 0.2) is 40.8 Å². The van der Waals surface area contributed by atoms with Crippen molar-refractivity contribution in [1.82, 2.24) is 5.32 Å². The molecule has 0 aliphatic carbocycles. The van der Waals surface area contributed by atoms with Crippen molar-refractivity contribution < 1.29 is 18.8 Å². The second-order valence-corrected chi connectivity index (χ2v) is 4.42. The molecule has 0 fully saturated rings. The summed E-state index contributed by atoms with van der Waals surface area (Å²) >= 11 is 0. The molecule has 1 amide bonds. The number of rotatable bonds is 4. The highest BCUT2D eigenvalue weighted by Crippen LogP contribution is 2.13. The highest BCUT2D eigenvalue weighted by molar-refractivity contribution is 6.42. The lowest BCUT2D eigenvalue weighted by Gasteiger charge is -1.97. The van der Waals surface area contributed by atoms with Gasteiger partial charge in [-0.3, -0.25) is 14.4 Å². The summed E-state index contributed by atoms with van der Waals surface area (Å²) in [4.78, 5) is 34.2. The van der Waals surface area contributed by atoms with Crippen LogP contribution in [-0.2, 0) is 4.79 Å². The van der Waals surface area contributed by atoms with Crippen LogP contribution < -0.4 is 5.32 Å². The van der Waals surface area contributed by atoms with Gasteiger partial charge >= 0.3 is 0 Å². The minimum atomic E-state index is -0.835. The van der Waals surface area contributed by atoms with E-state index >= 15 is 0 Å². The van der Waals surface area contributed by atoms with Crippen LogP contribution in [0.4, 0.5) is 0 Å². The molecular weight excluding hydrogens is 282 g/mol. The van der Waals surface area contributed by atoms with Crippen LogP contribution in [0.25, 0.3) is 0 Å². The average Bonchev–Trinajstić information content (AvgIpc) is 2.92. The number of Topliss-reactive ketones (excluding diaryl/α,β-unsaturated/α-hetero) is 1. The van der Waals surface area contributed by atoms with Gasteiger partial charge in [0.15, 0.2) is 12.0 Å². The number of carbonyl (C=O) groups is 3. The van der Waals surface area contributed by atoms with E-state index in [-0.39, 0.29) is 17.9 Å². The van der Waals surface area contributed by atoms with E-state index in [1.54, 1.807) is 6.92 Å². The molecule has 2 aromatic rings. The lowest BCUT2D eigenvalue weighted by atomic mass is 10.2. The molecule has 0 bridgehead atoms. The maximum absolute atomic E-state index is 11.8. The van der Waals surface area contributed by atoms with Crippen LogP contribution in [0.2, 0.25) is 0 Å². The number of carbonyl (C=O) groups excluding carboxylic acids is 3. The number of aryl methyl sites for hydroxylation is 1. The van der Waals surface area contributed by atoms with E-state index in [2.05, 4.69) is 17.2 Å². The van der Waals surface area contributed by atoms with Gasteiger partial charge in [-0.15, -0.1) is 0 Å². The smallest absolute Gasteiger partial charge is 0.296 e. The van der Waals surface area contributed by atoms with Crippen LogP contribution >= 0.6 is 0 Å². The van der Waals surface area contributed by atoms with Gasteiger partial charge in [0.2, 0.25) is 0 Å². The van der Waals surface area contributed by atoms with Gasteiger partial charge in [-0.25, -0.2) is 0 Å². The zero-order valence-corrected chi connectivity index (χ0v) is 11.9. The Morgan fingerprint density at radius 1 is 1.27 bits per heavy atom. The molecule has 0 saturated carbocycles. The summed E-state index contributed by atoms with van der Waals surface area (Å²) in [6.07, 6.45) is 0.568. The quantitative estimate of drug-likeness (QED) is 0.403. The van der Waals surface area contributed by atoms with Gasteiger partial charge in [0.1, 0.15) is 5.76 Å². The Morgan fingerprint density at radius 3 is 2.64 bits per heavy atom. The van der Waals surface area contributed by atoms with E-state index in [1.807, 2.05) is 30.3 Å². The van der Waals surface area contributed by atoms with Crippen molar-refractivity contribution in [3.05, 3.63) is 59.0 Å². The summed E-state index contributed by atoms with van der Waals surface area (Å²) in [6.45, 7) is 1.59. The second-order valence-electron chi connectivity index (χ2n) is 4.42. The summed E-state index contributed by atoms with van der Waals surface area (Å²) in [7, 11) is 0. The van der Waals surface area contributed by atoms with Crippen LogP contribution in [0, 0.1) is 18.8 Å². The van der Waals surface area contributed by atoms with Crippen LogP contribution in [0.5, 0.6) is 0 Å². The molecule has 0 radical (unpaired) electrons. The third kappa shape index (κ3) is 3.70. The van der Waals surface area contributed by atoms with Crippen molar-refractivity contribution in [2.24, 2.45) is 0 Å². The Morgan fingerprint density at radius 2 is 2.00 bits per heavy atom. The number of furan rings is 1. The van der Waals surface area contributed by atoms with Gasteiger partial charge in [-0.1, -0.05) is 30.0 Å². The topological polar surface area (TPSA) is 76.4 Å². The summed E-state index contributed by atoms with van der Waals surface area (Å²) in [5.41, 5.74) is 1.07. The normalized spacial score (nSPS) is 9.50. The maximum Gasteiger partial charge on any atom is 0.296 e. The Hall–Kier alpha value is -3.13. The molecule has 22 heavy (non-hydrogen) atoms. The second kappa shape index (κ2) is 7.04. The summed E-state index contributed by atoms with van der Waals surface area (Å²) in [5, 5.41) is 2.39. The molecule has 0 aliphatic rings. The molecule has 0 spiro atoms. The zero-order valence-electron chi connectivity index (χ0n) is 11.9. The molecular formula is C17H13NO4. The van der Waals surface area contributed by atoms with Gasteiger partial charge in [0, 0.05) is 5.56 Å². The van der Waals surface area contributed by atoms with Gasteiger partial charge in [-0.2, -0.15) is 0 Å². The van der Waals surface area contributed by atoms with Crippen LogP contribution in [0.3, 0.4) is 0 Å². The number of benzene rings is 1. The summed E-state index contributed by atoms with van der Waals surface area (Å²) < 4.78 is 5.09. The summed E-state index contributed by atoms with van der Waals surface area (Å²) in [6, 6.07) is 10.5. The Kier molecular flexibility index (Phi) is 4.89. The van der Waals surface area contributed by atoms with Gasteiger partial charge < -0.3 is 9.73 Å². The minimum Gasteiger partial charge on any atom is -0.457 e. The largest absolute Gasteiger partial charge is 0.457 e. The average molecular weight is 295 g/mol. The fraction of sp³-hybridized carbons (Fsp3) is 0.118. The van der Waals surface area contributed by atoms with Crippen molar-refractivity contribution in [3.8, 4) is 11.8 Å². The monoisotopic (exact) mass is 295 g/mol. The van der Waals surface area contributed by atoms with Crippen molar-refractivity contribution in [1.29, 1.82) is 0 Å². The molecule has 2 rings (SSSR count). The molecule has 5 nitrogen and oxygen atoms in total. The van der Waals surface area contributed by atoms with Crippen LogP contribution in [-0.4, -0.2) is 24.5 Å². The number of aldehydes is 1. The highest BCUT2D eigenvalue weighted by atomic mass is 16.3. The zero-order chi connectivity index (χ0) is 15.9. The number of nitrogens with one attached hydrogen (secondary N) is 1. The van der Waals surface area contributed by atoms with E-state index in [0.29, 0.717) is 12.0 Å². The molecule has 0 atom stereocenters. The number of hydrogen-bond donors (Lipinski definition) is 1. The van der Waals surface area contributed by atoms with Crippen molar-refractivity contribution >= 4 is 18.0 Å². The maximum atomic E-state index is 11.8.